The van der Waals surface area contributed by atoms with Crippen LogP contribution >= 0.6 is 11.6 Å². The first-order valence-electron chi connectivity index (χ1n) is 6.08. The van der Waals surface area contributed by atoms with E-state index in [2.05, 4.69) is 10.6 Å². The molecule has 0 radical (unpaired) electrons. The largest absolute Gasteiger partial charge is 0.374 e. The molecule has 0 bridgehead atoms. The number of aryl methyl sites for hydroxylation is 1. The molecule has 2 aromatic carbocycles. The van der Waals surface area contributed by atoms with Crippen LogP contribution in [0.4, 0.5) is 11.4 Å². The van der Waals surface area contributed by atoms with Crippen LogP contribution in [0.15, 0.2) is 36.4 Å². The van der Waals surface area contributed by atoms with Crippen molar-refractivity contribution in [2.75, 3.05) is 17.2 Å². The summed E-state index contributed by atoms with van der Waals surface area (Å²) in [4.78, 5) is 11.3. The van der Waals surface area contributed by atoms with E-state index in [0.29, 0.717) is 6.54 Å². The van der Waals surface area contributed by atoms with Gasteiger partial charge in [-0.05, 0) is 30.2 Å². The van der Waals surface area contributed by atoms with Crippen molar-refractivity contribution in [1.29, 1.82) is 0 Å². The molecular weight excluding hydrogens is 260 g/mol. The van der Waals surface area contributed by atoms with Crippen molar-refractivity contribution < 1.29 is 4.79 Å². The van der Waals surface area contributed by atoms with Gasteiger partial charge in [-0.1, -0.05) is 35.9 Å². The van der Waals surface area contributed by atoms with E-state index in [-0.39, 0.29) is 5.91 Å². The predicted molar refractivity (Wildman–Crippen MR) is 78.7 cm³/mol. The molecule has 0 atom stereocenters. The first-order chi connectivity index (χ1) is 9.15. The van der Waals surface area contributed by atoms with Gasteiger partial charge in [0.25, 0.3) is 0 Å². The van der Waals surface area contributed by atoms with Gasteiger partial charge in [0.15, 0.2) is 0 Å². The van der Waals surface area contributed by atoms with Gasteiger partial charge in [0.1, 0.15) is 0 Å². The van der Waals surface area contributed by atoms with Crippen molar-refractivity contribution in [2.45, 2.75) is 6.92 Å². The third kappa shape index (κ3) is 2.17. The molecule has 3 rings (SSSR count). The molecule has 0 saturated heterocycles. The Morgan fingerprint density at radius 1 is 1.16 bits per heavy atom. The van der Waals surface area contributed by atoms with Gasteiger partial charge in [-0.25, -0.2) is 0 Å². The molecule has 0 saturated carbocycles. The van der Waals surface area contributed by atoms with Gasteiger partial charge in [-0.15, -0.1) is 0 Å². The second kappa shape index (κ2) is 4.59. The van der Waals surface area contributed by atoms with Crippen LogP contribution in [0.5, 0.6) is 0 Å². The molecule has 96 valence electrons. The van der Waals surface area contributed by atoms with Crippen molar-refractivity contribution in [2.24, 2.45) is 0 Å². The fourth-order valence-electron chi connectivity index (χ4n) is 2.21. The van der Waals surface area contributed by atoms with Gasteiger partial charge in [0.2, 0.25) is 5.91 Å². The fourth-order valence-corrected chi connectivity index (χ4v) is 2.44. The molecule has 1 aliphatic heterocycles. The zero-order valence-electron chi connectivity index (χ0n) is 10.5. The number of hydrogen-bond donors (Lipinski definition) is 2. The van der Waals surface area contributed by atoms with Gasteiger partial charge in [0, 0.05) is 5.56 Å². The van der Waals surface area contributed by atoms with Crippen LogP contribution in [0.3, 0.4) is 0 Å². The third-order valence-electron chi connectivity index (χ3n) is 3.24. The second-order valence-electron chi connectivity index (χ2n) is 4.60. The van der Waals surface area contributed by atoms with Gasteiger partial charge in [-0.3, -0.25) is 4.79 Å². The summed E-state index contributed by atoms with van der Waals surface area (Å²) in [5.74, 6) is -0.0196. The lowest BCUT2D eigenvalue weighted by Gasteiger charge is -2.19. The van der Waals surface area contributed by atoms with Crippen molar-refractivity contribution in [3.05, 3.63) is 47.0 Å². The van der Waals surface area contributed by atoms with Gasteiger partial charge in [-0.2, -0.15) is 0 Å². The number of halogens is 1. The number of rotatable bonds is 1. The molecule has 2 N–H and O–H groups in total. The molecule has 0 unspecified atom stereocenters. The smallest absolute Gasteiger partial charge is 0.243 e. The van der Waals surface area contributed by atoms with Crippen molar-refractivity contribution >= 4 is 28.9 Å². The van der Waals surface area contributed by atoms with Crippen LogP contribution in [0.25, 0.3) is 11.1 Å². The molecule has 4 heteroatoms. The molecule has 1 amide bonds. The molecule has 0 fully saturated rings. The Hall–Kier alpha value is -2.00. The SMILES string of the molecule is Cc1cccc(-c2ccc3c(c2)NCC(=O)N3)c1Cl. The Bertz CT molecular complexity index is 667. The van der Waals surface area contributed by atoms with Crippen LogP contribution in [0, 0.1) is 6.92 Å². The number of hydrogen-bond acceptors (Lipinski definition) is 2. The number of fused-ring (bicyclic) bond motifs is 1. The van der Waals surface area contributed by atoms with E-state index in [1.54, 1.807) is 0 Å². The quantitative estimate of drug-likeness (QED) is 0.831. The molecule has 2 aromatic rings. The zero-order chi connectivity index (χ0) is 13.4. The highest BCUT2D eigenvalue weighted by Crippen LogP contribution is 2.35. The lowest BCUT2D eigenvalue weighted by molar-refractivity contribution is -0.114. The molecular formula is C15H13ClN2O. The minimum Gasteiger partial charge on any atom is -0.374 e. The highest BCUT2D eigenvalue weighted by molar-refractivity contribution is 6.34. The van der Waals surface area contributed by atoms with E-state index in [0.717, 1.165) is 33.1 Å². The minimum absolute atomic E-state index is 0.0196. The van der Waals surface area contributed by atoms with E-state index in [9.17, 15) is 4.79 Å². The van der Waals surface area contributed by atoms with Gasteiger partial charge < -0.3 is 10.6 Å². The highest BCUT2D eigenvalue weighted by atomic mass is 35.5. The summed E-state index contributed by atoms with van der Waals surface area (Å²) in [6.45, 7) is 2.29. The van der Waals surface area contributed by atoms with Crippen molar-refractivity contribution in [3.8, 4) is 11.1 Å². The zero-order valence-corrected chi connectivity index (χ0v) is 11.2. The van der Waals surface area contributed by atoms with E-state index >= 15 is 0 Å². The highest BCUT2D eigenvalue weighted by Gasteiger charge is 2.15. The first kappa shape index (κ1) is 12.1. The Labute approximate surface area is 116 Å². The van der Waals surface area contributed by atoms with Crippen LogP contribution in [0.2, 0.25) is 5.02 Å². The Balaban J connectivity index is 2.07. The molecule has 1 heterocycles. The number of amides is 1. The first-order valence-corrected chi connectivity index (χ1v) is 6.46. The molecule has 0 aliphatic carbocycles. The average molecular weight is 273 g/mol. The predicted octanol–water partition coefficient (Wildman–Crippen LogP) is 3.68. The monoisotopic (exact) mass is 272 g/mol. The fraction of sp³-hybridized carbons (Fsp3) is 0.133. The van der Waals surface area contributed by atoms with Gasteiger partial charge >= 0.3 is 0 Å². The lowest BCUT2D eigenvalue weighted by Crippen LogP contribution is -2.27. The maximum Gasteiger partial charge on any atom is 0.243 e. The molecule has 0 aromatic heterocycles. The van der Waals surface area contributed by atoms with Crippen LogP contribution in [-0.4, -0.2) is 12.5 Å². The van der Waals surface area contributed by atoms with Crippen LogP contribution < -0.4 is 10.6 Å². The third-order valence-corrected chi connectivity index (χ3v) is 3.74. The summed E-state index contributed by atoms with van der Waals surface area (Å²) in [7, 11) is 0. The summed E-state index contributed by atoms with van der Waals surface area (Å²) in [5.41, 5.74) is 4.83. The maximum absolute atomic E-state index is 11.3. The summed E-state index contributed by atoms with van der Waals surface area (Å²) in [6.07, 6.45) is 0. The van der Waals surface area contributed by atoms with E-state index < -0.39 is 0 Å². The summed E-state index contributed by atoms with van der Waals surface area (Å²) < 4.78 is 0. The molecule has 0 spiro atoms. The Kier molecular flexibility index (Phi) is 2.91. The average Bonchev–Trinajstić information content (AvgIpc) is 2.41. The number of carbonyl (C=O) groups is 1. The Morgan fingerprint density at radius 3 is 2.84 bits per heavy atom. The number of benzene rings is 2. The lowest BCUT2D eigenvalue weighted by atomic mass is 10.0. The molecule has 19 heavy (non-hydrogen) atoms. The van der Waals surface area contributed by atoms with Crippen molar-refractivity contribution in [1.82, 2.24) is 0 Å². The topological polar surface area (TPSA) is 41.1 Å². The standard InChI is InChI=1S/C15H13ClN2O/c1-9-3-2-4-11(15(9)16)10-5-6-12-13(7-10)17-8-14(19)18-12/h2-7,17H,8H2,1H3,(H,18,19). The molecule has 3 nitrogen and oxygen atoms in total. The van der Waals surface area contributed by atoms with E-state index in [4.69, 9.17) is 11.6 Å². The van der Waals surface area contributed by atoms with Gasteiger partial charge in [0.05, 0.1) is 22.9 Å². The second-order valence-corrected chi connectivity index (χ2v) is 4.98. The van der Waals surface area contributed by atoms with Crippen LogP contribution in [0.1, 0.15) is 5.56 Å². The summed E-state index contributed by atoms with van der Waals surface area (Å²) >= 11 is 6.34. The number of anilines is 2. The van der Waals surface area contributed by atoms with Crippen molar-refractivity contribution in [3.63, 3.8) is 0 Å². The summed E-state index contributed by atoms with van der Waals surface area (Å²) in [6, 6.07) is 11.8. The number of carbonyl (C=O) groups excluding carboxylic acids is 1. The summed E-state index contributed by atoms with van der Waals surface area (Å²) in [5, 5.41) is 6.70. The van der Waals surface area contributed by atoms with Crippen LogP contribution in [-0.2, 0) is 4.79 Å². The molecule has 1 aliphatic rings. The minimum atomic E-state index is -0.0196. The number of nitrogens with one attached hydrogen (secondary N) is 2. The Morgan fingerprint density at radius 2 is 2.00 bits per heavy atom. The maximum atomic E-state index is 11.3. The van der Waals surface area contributed by atoms with E-state index in [1.807, 2.05) is 43.3 Å². The van der Waals surface area contributed by atoms with E-state index in [1.165, 1.54) is 0 Å². The normalized spacial score (nSPS) is 13.5.